The molecule has 1 aliphatic carbocycles. The van der Waals surface area contributed by atoms with Gasteiger partial charge in [-0.2, -0.15) is 0 Å². The lowest BCUT2D eigenvalue weighted by atomic mass is 9.63. The maximum Gasteiger partial charge on any atom is 0.246 e. The van der Waals surface area contributed by atoms with Gasteiger partial charge in [0.1, 0.15) is 12.1 Å². The molecule has 5 atom stereocenters. The molecule has 212 valence electrons. The lowest BCUT2D eigenvalue weighted by Crippen LogP contribution is -2.60. The van der Waals surface area contributed by atoms with Crippen LogP contribution in [0, 0.1) is 17.3 Å². The van der Waals surface area contributed by atoms with E-state index in [4.69, 9.17) is 0 Å². The number of aryl methyl sites for hydroxylation is 1. The van der Waals surface area contributed by atoms with Crippen LogP contribution in [0.2, 0.25) is 0 Å². The Labute approximate surface area is 238 Å². The minimum absolute atomic E-state index is 0. The smallest absolute Gasteiger partial charge is 0.246 e. The number of fused-ring (bicyclic) bond motifs is 2. The summed E-state index contributed by atoms with van der Waals surface area (Å²) in [7, 11) is 1.73. The molecule has 2 saturated heterocycles. The Morgan fingerprint density at radius 2 is 1.71 bits per heavy atom. The van der Waals surface area contributed by atoms with Crippen LogP contribution in [0.1, 0.15) is 77.5 Å². The van der Waals surface area contributed by atoms with Crippen LogP contribution in [0.25, 0.3) is 0 Å². The SMILES string of the molecule is CN[C@@H](C)C(=O)N[C@H]1CCS[C@H]2CC(C(C)C)(C(C)C)C(C(=O)N[C@@H]3CCCc4ccccc43)N2C1=O.Cl. The number of nitrogens with one attached hydrogen (secondary N) is 3. The second kappa shape index (κ2) is 12.6. The summed E-state index contributed by atoms with van der Waals surface area (Å²) in [6.45, 7) is 10.5. The number of hydrogen-bond donors (Lipinski definition) is 3. The van der Waals surface area contributed by atoms with Crippen LogP contribution in [-0.4, -0.2) is 58.9 Å². The van der Waals surface area contributed by atoms with Crippen molar-refractivity contribution in [1.29, 1.82) is 0 Å². The van der Waals surface area contributed by atoms with Crippen LogP contribution in [0.4, 0.5) is 0 Å². The van der Waals surface area contributed by atoms with Crippen molar-refractivity contribution in [3.63, 3.8) is 0 Å². The monoisotopic (exact) mass is 564 g/mol. The van der Waals surface area contributed by atoms with E-state index in [1.807, 2.05) is 11.0 Å². The number of hydrogen-bond acceptors (Lipinski definition) is 5. The molecule has 3 N–H and O–H groups in total. The molecule has 0 radical (unpaired) electrons. The molecule has 1 unspecified atom stereocenters. The topological polar surface area (TPSA) is 90.5 Å². The first kappa shape index (κ1) is 30.8. The van der Waals surface area contributed by atoms with Gasteiger partial charge in [0.05, 0.1) is 17.5 Å². The second-order valence-corrected chi connectivity index (χ2v) is 12.9. The highest BCUT2D eigenvalue weighted by Gasteiger charge is 2.61. The van der Waals surface area contributed by atoms with Gasteiger partial charge in [0.2, 0.25) is 17.7 Å². The molecule has 38 heavy (non-hydrogen) atoms. The zero-order valence-electron chi connectivity index (χ0n) is 23.6. The minimum atomic E-state index is -0.623. The zero-order valence-corrected chi connectivity index (χ0v) is 25.2. The van der Waals surface area contributed by atoms with Crippen molar-refractivity contribution in [3.8, 4) is 0 Å². The summed E-state index contributed by atoms with van der Waals surface area (Å²) in [5.74, 6) is 0.805. The highest BCUT2D eigenvalue weighted by Crippen LogP contribution is 2.55. The molecule has 0 saturated carbocycles. The molecule has 3 aliphatic rings. The Morgan fingerprint density at radius 1 is 1.03 bits per heavy atom. The number of nitrogens with zero attached hydrogens (tertiary/aromatic N) is 1. The lowest BCUT2D eigenvalue weighted by molar-refractivity contribution is -0.146. The predicted octanol–water partition coefficient (Wildman–Crippen LogP) is 4.06. The van der Waals surface area contributed by atoms with Gasteiger partial charge in [0.15, 0.2) is 0 Å². The Hall–Kier alpha value is -1.77. The van der Waals surface area contributed by atoms with Gasteiger partial charge in [-0.25, -0.2) is 0 Å². The van der Waals surface area contributed by atoms with Crippen LogP contribution in [-0.2, 0) is 20.8 Å². The summed E-state index contributed by atoms with van der Waals surface area (Å²) < 4.78 is 0. The highest BCUT2D eigenvalue weighted by atomic mass is 35.5. The average molecular weight is 565 g/mol. The maximum atomic E-state index is 14.3. The molecule has 2 aliphatic heterocycles. The molecule has 1 aromatic carbocycles. The van der Waals surface area contributed by atoms with E-state index in [0.717, 1.165) is 31.4 Å². The molecule has 2 heterocycles. The number of likely N-dealkylation sites (N-methyl/N-ethyl adjacent to an activating group) is 1. The molecule has 9 heteroatoms. The normalized spacial score (nSPS) is 27.2. The summed E-state index contributed by atoms with van der Waals surface area (Å²) in [6.07, 6.45) is 4.32. The number of amides is 3. The van der Waals surface area contributed by atoms with Gasteiger partial charge in [-0.05, 0) is 74.8 Å². The lowest BCUT2D eigenvalue weighted by Gasteiger charge is -2.44. The van der Waals surface area contributed by atoms with Gasteiger partial charge in [0.25, 0.3) is 0 Å². The number of rotatable bonds is 7. The van der Waals surface area contributed by atoms with Crippen LogP contribution in [0.15, 0.2) is 24.3 Å². The van der Waals surface area contributed by atoms with E-state index in [2.05, 4.69) is 61.8 Å². The number of halogens is 1. The van der Waals surface area contributed by atoms with Crippen molar-refractivity contribution in [2.45, 2.75) is 96.3 Å². The summed E-state index contributed by atoms with van der Waals surface area (Å²) in [5, 5.41) is 9.25. The molecule has 3 amide bonds. The summed E-state index contributed by atoms with van der Waals surface area (Å²) in [4.78, 5) is 43.0. The van der Waals surface area contributed by atoms with Crippen molar-refractivity contribution in [2.24, 2.45) is 17.3 Å². The quantitative estimate of drug-likeness (QED) is 0.465. The van der Waals surface area contributed by atoms with E-state index in [-0.39, 0.29) is 58.8 Å². The Balaban J connectivity index is 0.00000400. The standard InChI is InChI=1S/C29H44N4O3S.ClH/c1-17(2)29(18(3)4)16-24-33(28(36)23(14-15-37-24)32-26(34)19(5)30-6)25(29)27(35)31-22-13-9-11-20-10-7-8-12-21(20)22;/h7-8,10,12,17-19,22-25,30H,9,11,13-16H2,1-6H3,(H,31,35)(H,32,34);1H/t19-,22+,23-,24-,25?;/m0./s1. The Kier molecular flexibility index (Phi) is 10.2. The van der Waals surface area contributed by atoms with Crippen molar-refractivity contribution in [1.82, 2.24) is 20.9 Å². The number of thioether (sulfide) groups is 1. The van der Waals surface area contributed by atoms with Gasteiger partial charge in [-0.15, -0.1) is 24.2 Å². The summed E-state index contributed by atoms with van der Waals surface area (Å²) in [5.41, 5.74) is 2.14. The van der Waals surface area contributed by atoms with Crippen LogP contribution < -0.4 is 16.0 Å². The third kappa shape index (κ3) is 5.59. The van der Waals surface area contributed by atoms with E-state index < -0.39 is 18.1 Å². The van der Waals surface area contributed by atoms with E-state index >= 15 is 0 Å². The van der Waals surface area contributed by atoms with E-state index in [1.54, 1.807) is 25.7 Å². The van der Waals surface area contributed by atoms with Crippen LogP contribution >= 0.6 is 24.2 Å². The van der Waals surface area contributed by atoms with Crippen molar-refractivity contribution >= 4 is 41.9 Å². The molecular formula is C29H45ClN4O3S. The summed E-state index contributed by atoms with van der Waals surface area (Å²) in [6, 6.07) is 6.73. The van der Waals surface area contributed by atoms with Gasteiger partial charge in [-0.1, -0.05) is 52.0 Å². The van der Waals surface area contributed by atoms with Gasteiger partial charge in [-0.3, -0.25) is 14.4 Å². The first-order valence-corrected chi connectivity index (χ1v) is 15.0. The molecular weight excluding hydrogens is 520 g/mol. The first-order chi connectivity index (χ1) is 17.6. The van der Waals surface area contributed by atoms with E-state index in [0.29, 0.717) is 6.42 Å². The largest absolute Gasteiger partial charge is 0.347 e. The minimum Gasteiger partial charge on any atom is -0.347 e. The molecule has 7 nitrogen and oxygen atoms in total. The number of carbonyl (C=O) groups is 3. The Morgan fingerprint density at radius 3 is 2.37 bits per heavy atom. The molecule has 0 aromatic heterocycles. The van der Waals surface area contributed by atoms with Crippen LogP contribution in [0.3, 0.4) is 0 Å². The van der Waals surface area contributed by atoms with Crippen molar-refractivity contribution < 1.29 is 14.4 Å². The first-order valence-electron chi connectivity index (χ1n) is 13.9. The number of benzene rings is 1. The third-order valence-electron chi connectivity index (χ3n) is 9.12. The number of carbonyl (C=O) groups excluding carboxylic acids is 3. The average Bonchev–Trinajstić information content (AvgIpc) is 3.17. The third-order valence-corrected chi connectivity index (χ3v) is 10.4. The van der Waals surface area contributed by atoms with E-state index in [1.165, 1.54) is 11.1 Å². The maximum absolute atomic E-state index is 14.3. The van der Waals surface area contributed by atoms with Gasteiger partial charge in [0, 0.05) is 5.41 Å². The molecule has 1 aromatic rings. The fourth-order valence-corrected chi connectivity index (χ4v) is 8.26. The molecule has 0 spiro atoms. The van der Waals surface area contributed by atoms with Crippen molar-refractivity contribution in [3.05, 3.63) is 35.4 Å². The van der Waals surface area contributed by atoms with Crippen molar-refractivity contribution in [2.75, 3.05) is 12.8 Å². The molecule has 4 rings (SSSR count). The highest BCUT2D eigenvalue weighted by molar-refractivity contribution is 7.99. The Bertz CT molecular complexity index is 1010. The zero-order chi connectivity index (χ0) is 26.9. The molecule has 0 bridgehead atoms. The van der Waals surface area contributed by atoms with Crippen LogP contribution in [0.5, 0.6) is 0 Å². The predicted molar refractivity (Wildman–Crippen MR) is 156 cm³/mol. The van der Waals surface area contributed by atoms with Gasteiger partial charge < -0.3 is 20.9 Å². The summed E-state index contributed by atoms with van der Waals surface area (Å²) >= 11 is 1.75. The fourth-order valence-electron chi connectivity index (χ4n) is 6.83. The second-order valence-electron chi connectivity index (χ2n) is 11.6. The van der Waals surface area contributed by atoms with E-state index in [9.17, 15) is 14.4 Å². The fraction of sp³-hybridized carbons (Fsp3) is 0.690. The van der Waals surface area contributed by atoms with Gasteiger partial charge >= 0.3 is 0 Å². The molecule has 2 fully saturated rings.